The van der Waals surface area contributed by atoms with E-state index >= 15 is 0 Å². The summed E-state index contributed by atoms with van der Waals surface area (Å²) in [5.74, 6) is 0. The number of allylic oxidation sites excluding steroid dienone is 8. The van der Waals surface area contributed by atoms with Crippen LogP contribution in [0.5, 0.6) is 0 Å². The standard InChI is InChI=1S/C11H11FS.C10H13N.C8H12.C3H8/c1-2-3-4-7-10-8-5-6-9-11(10)13-12;1-2-6-10(11)9-7-4-3-5-8-9;1-4-5-6-7-8(2)3;1-3-2/h2-9H,1H3;3-5,7-8,11H,2,6H2,1H3;4-7H,1H2,2-3H3;3H2,1-2H3/b3-2+,7-4+;;6-5-;. The molecule has 0 radical (unpaired) electrons. The molecule has 0 aliphatic heterocycles. The van der Waals surface area contributed by atoms with Gasteiger partial charge in [0.15, 0.2) is 0 Å². The highest BCUT2D eigenvalue weighted by Crippen LogP contribution is 2.24. The Kier molecular flexibility index (Phi) is 25.2. The lowest BCUT2D eigenvalue weighted by atomic mass is 10.1. The Balaban J connectivity index is 0. The third-order valence-corrected chi connectivity index (χ3v) is 4.42. The Morgan fingerprint density at radius 1 is 0.914 bits per heavy atom. The maximum atomic E-state index is 12.4. The zero-order valence-corrected chi connectivity index (χ0v) is 23.2. The van der Waals surface area contributed by atoms with E-state index in [1.165, 1.54) is 12.0 Å². The predicted octanol–water partition coefficient (Wildman–Crippen LogP) is 11.2. The SMILES string of the molecule is C/C=C/C=C/c1ccccc1SF.C=C/C=C\C=C(C)C.CCC.CCCC(=N)c1ccccc1. The van der Waals surface area contributed by atoms with E-state index in [0.717, 1.165) is 29.7 Å². The molecule has 0 spiro atoms. The minimum atomic E-state index is 0.278. The fraction of sp³-hybridized carbons (Fsp3) is 0.281. The van der Waals surface area contributed by atoms with E-state index in [1.54, 1.807) is 12.1 Å². The molecule has 0 aliphatic rings. The summed E-state index contributed by atoms with van der Waals surface area (Å²) in [7, 11) is 0. The Morgan fingerprint density at radius 2 is 1.51 bits per heavy atom. The molecule has 35 heavy (non-hydrogen) atoms. The summed E-state index contributed by atoms with van der Waals surface area (Å²) in [6, 6.07) is 17.3. The zero-order chi connectivity index (χ0) is 26.7. The number of nitrogens with one attached hydrogen (secondary N) is 1. The van der Waals surface area contributed by atoms with Crippen molar-refractivity contribution in [2.75, 3.05) is 0 Å². The number of halogens is 1. The van der Waals surface area contributed by atoms with E-state index in [0.29, 0.717) is 4.90 Å². The quantitative estimate of drug-likeness (QED) is 0.287. The molecule has 0 aromatic heterocycles. The van der Waals surface area contributed by atoms with Gasteiger partial charge < -0.3 is 5.41 Å². The van der Waals surface area contributed by atoms with Crippen LogP contribution in [0, 0.1) is 5.41 Å². The molecule has 2 aromatic rings. The lowest BCUT2D eigenvalue weighted by Gasteiger charge is -1.99. The van der Waals surface area contributed by atoms with Gasteiger partial charge in [-0.25, -0.2) is 0 Å². The van der Waals surface area contributed by atoms with Crippen LogP contribution in [0.25, 0.3) is 6.08 Å². The van der Waals surface area contributed by atoms with Crippen LogP contribution in [0.1, 0.15) is 71.9 Å². The highest BCUT2D eigenvalue weighted by atomic mass is 32.2. The van der Waals surface area contributed by atoms with E-state index < -0.39 is 0 Å². The van der Waals surface area contributed by atoms with Crippen LogP contribution in [0.4, 0.5) is 3.89 Å². The van der Waals surface area contributed by atoms with Crippen LogP contribution >= 0.6 is 12.1 Å². The first kappa shape index (κ1) is 34.3. The van der Waals surface area contributed by atoms with E-state index in [-0.39, 0.29) is 12.1 Å². The van der Waals surface area contributed by atoms with Crippen LogP contribution in [0.3, 0.4) is 0 Å². The van der Waals surface area contributed by atoms with Crippen LogP contribution in [-0.4, -0.2) is 5.71 Å². The summed E-state index contributed by atoms with van der Waals surface area (Å²) in [5, 5.41) is 7.63. The van der Waals surface area contributed by atoms with Crippen molar-refractivity contribution in [1.29, 1.82) is 5.41 Å². The minimum Gasteiger partial charge on any atom is -0.305 e. The zero-order valence-electron chi connectivity index (χ0n) is 22.4. The second-order valence-corrected chi connectivity index (χ2v) is 8.26. The van der Waals surface area contributed by atoms with Crippen molar-refractivity contribution >= 4 is 23.9 Å². The Bertz CT molecular complexity index is 904. The van der Waals surface area contributed by atoms with Crippen molar-refractivity contribution < 1.29 is 3.89 Å². The maximum absolute atomic E-state index is 12.4. The van der Waals surface area contributed by atoms with E-state index in [4.69, 9.17) is 5.41 Å². The van der Waals surface area contributed by atoms with Gasteiger partial charge in [0.05, 0.1) is 12.1 Å². The molecule has 0 fully saturated rings. The average Bonchev–Trinajstić information content (AvgIpc) is 2.86. The lowest BCUT2D eigenvalue weighted by Crippen LogP contribution is -1.96. The molecule has 0 amide bonds. The summed E-state index contributed by atoms with van der Waals surface area (Å²) >= 11 is 0.278. The van der Waals surface area contributed by atoms with Crippen LogP contribution in [0.15, 0.2) is 114 Å². The molecule has 3 heteroatoms. The Morgan fingerprint density at radius 3 is 2.03 bits per heavy atom. The monoisotopic (exact) mass is 493 g/mol. The third kappa shape index (κ3) is 21.4. The van der Waals surface area contributed by atoms with E-state index in [2.05, 4.69) is 41.2 Å². The second-order valence-electron chi connectivity index (χ2n) is 7.67. The smallest absolute Gasteiger partial charge is 0.0818 e. The van der Waals surface area contributed by atoms with Crippen molar-refractivity contribution in [3.63, 3.8) is 0 Å². The summed E-state index contributed by atoms with van der Waals surface area (Å²) < 4.78 is 12.4. The average molecular weight is 494 g/mol. The van der Waals surface area contributed by atoms with Crippen molar-refractivity contribution in [3.8, 4) is 0 Å². The molecule has 1 nitrogen and oxygen atoms in total. The number of hydrogen-bond acceptors (Lipinski definition) is 2. The Labute approximate surface area is 219 Å². The van der Waals surface area contributed by atoms with Gasteiger partial charge in [-0.15, -0.1) is 0 Å². The van der Waals surface area contributed by atoms with Gasteiger partial charge in [0.2, 0.25) is 0 Å². The van der Waals surface area contributed by atoms with Crippen LogP contribution in [-0.2, 0) is 0 Å². The van der Waals surface area contributed by atoms with Crippen LogP contribution < -0.4 is 0 Å². The summed E-state index contributed by atoms with van der Waals surface area (Å²) in [5.41, 5.74) is 4.01. The van der Waals surface area contributed by atoms with Gasteiger partial charge in [0, 0.05) is 10.6 Å². The topological polar surface area (TPSA) is 23.9 Å². The van der Waals surface area contributed by atoms with E-state index in [1.807, 2.05) is 98.0 Å². The third-order valence-electron chi connectivity index (χ3n) is 3.88. The maximum Gasteiger partial charge on any atom is 0.0818 e. The summed E-state index contributed by atoms with van der Waals surface area (Å²) in [4.78, 5) is 0.656. The Hall–Kier alpha value is -2.91. The van der Waals surface area contributed by atoms with E-state index in [9.17, 15) is 3.89 Å². The molecule has 2 rings (SSSR count). The van der Waals surface area contributed by atoms with Crippen molar-refractivity contribution in [1.82, 2.24) is 0 Å². The van der Waals surface area contributed by atoms with Crippen molar-refractivity contribution in [2.45, 2.75) is 65.7 Å². The molecule has 0 aliphatic carbocycles. The summed E-state index contributed by atoms with van der Waals surface area (Å²) in [6.45, 7) is 16.0. The highest BCUT2D eigenvalue weighted by molar-refractivity contribution is 7.94. The number of hydrogen-bond donors (Lipinski definition) is 1. The van der Waals surface area contributed by atoms with Gasteiger partial charge in [0.25, 0.3) is 0 Å². The molecule has 0 saturated heterocycles. The normalized spacial score (nSPS) is 9.91. The molecular weight excluding hydrogens is 449 g/mol. The fourth-order valence-electron chi connectivity index (χ4n) is 2.32. The first-order valence-electron chi connectivity index (χ1n) is 12.1. The summed E-state index contributed by atoms with van der Waals surface area (Å²) in [6.07, 6.45) is 18.5. The van der Waals surface area contributed by atoms with Crippen molar-refractivity contribution in [3.05, 3.63) is 120 Å². The first-order valence-corrected chi connectivity index (χ1v) is 12.9. The fourth-order valence-corrected chi connectivity index (χ4v) is 2.67. The molecule has 190 valence electrons. The molecule has 0 unspecified atom stereocenters. The van der Waals surface area contributed by atoms with Gasteiger partial charge in [-0.3, -0.25) is 0 Å². The van der Waals surface area contributed by atoms with Gasteiger partial charge in [-0.1, -0.05) is 143 Å². The minimum absolute atomic E-state index is 0.278. The highest BCUT2D eigenvalue weighted by Gasteiger charge is 1.97. The second kappa shape index (κ2) is 25.7. The van der Waals surface area contributed by atoms with Gasteiger partial charge in [0.1, 0.15) is 0 Å². The van der Waals surface area contributed by atoms with Crippen molar-refractivity contribution in [2.24, 2.45) is 0 Å². The first-order chi connectivity index (χ1) is 16.9. The lowest BCUT2D eigenvalue weighted by molar-refractivity contribution is 0.933. The molecule has 0 bridgehead atoms. The molecule has 0 saturated carbocycles. The molecule has 1 N–H and O–H groups in total. The number of rotatable bonds is 8. The van der Waals surface area contributed by atoms with Crippen LogP contribution in [0.2, 0.25) is 0 Å². The molecule has 0 atom stereocenters. The molecule has 2 aromatic carbocycles. The van der Waals surface area contributed by atoms with Gasteiger partial charge in [-0.2, -0.15) is 3.89 Å². The molecule has 0 heterocycles. The largest absolute Gasteiger partial charge is 0.305 e. The van der Waals surface area contributed by atoms with Gasteiger partial charge in [-0.05, 0) is 44.4 Å². The molecular formula is C32H44FNS. The predicted molar refractivity (Wildman–Crippen MR) is 160 cm³/mol. The van der Waals surface area contributed by atoms with Gasteiger partial charge >= 0.3 is 0 Å². The number of benzene rings is 2.